The highest BCUT2D eigenvalue weighted by Crippen LogP contribution is 2.11. The maximum atomic E-state index is 12.6. The zero-order valence-corrected chi connectivity index (χ0v) is 7.79. The molecule has 60 valence electrons. The Morgan fingerprint density at radius 2 is 2.00 bits per heavy atom. The van der Waals surface area contributed by atoms with E-state index in [1.54, 1.807) is 6.07 Å². The van der Waals surface area contributed by atoms with Crippen molar-refractivity contribution >= 4 is 20.2 Å². The fourth-order valence-electron chi connectivity index (χ4n) is 0.933. The van der Waals surface area contributed by atoms with E-state index in [-0.39, 0.29) is 5.82 Å². The van der Waals surface area contributed by atoms with Crippen molar-refractivity contribution in [3.8, 4) is 0 Å². The Balaban J connectivity index is 3.09. The summed E-state index contributed by atoms with van der Waals surface area (Å²) in [5.74, 6) is -0.194. The van der Waals surface area contributed by atoms with Crippen LogP contribution in [0.2, 0.25) is 0 Å². The quantitative estimate of drug-likeness (QED) is 0.577. The molecule has 0 saturated carbocycles. The van der Waals surface area contributed by atoms with Gasteiger partial charge in [-0.05, 0) is 23.5 Å². The fraction of sp³-hybridized carbons (Fsp3) is 0.250. The Hall–Kier alpha value is -0.620. The van der Waals surface area contributed by atoms with Crippen molar-refractivity contribution in [2.75, 3.05) is 19.0 Å². The summed E-state index contributed by atoms with van der Waals surface area (Å²) < 4.78 is 12.6. The highest BCUT2D eigenvalue weighted by molar-refractivity contribution is 7.28. The average Bonchev–Trinajstić information content (AvgIpc) is 1.85. The van der Waals surface area contributed by atoms with Crippen molar-refractivity contribution in [2.24, 2.45) is 0 Å². The molecule has 0 saturated heterocycles. The molecule has 0 aliphatic carbocycles. The molecule has 0 aromatic heterocycles. The van der Waals surface area contributed by atoms with Gasteiger partial charge in [0.15, 0.2) is 0 Å². The number of benzene rings is 1. The first-order chi connectivity index (χ1) is 5.11. The van der Waals surface area contributed by atoms with Gasteiger partial charge in [0.2, 0.25) is 0 Å². The first-order valence-corrected chi connectivity index (χ1v) is 3.91. The van der Waals surface area contributed by atoms with Gasteiger partial charge in [0, 0.05) is 19.8 Å². The van der Waals surface area contributed by atoms with Gasteiger partial charge in [0.1, 0.15) is 5.82 Å². The van der Waals surface area contributed by atoms with Gasteiger partial charge in [-0.15, -0.1) is 9.24 Å². The van der Waals surface area contributed by atoms with E-state index in [0.29, 0.717) is 0 Å². The molecule has 0 heterocycles. The molecule has 0 amide bonds. The summed E-state index contributed by atoms with van der Waals surface area (Å²) in [4.78, 5) is 1.95. The first-order valence-electron chi connectivity index (χ1n) is 3.33. The van der Waals surface area contributed by atoms with Crippen molar-refractivity contribution in [1.29, 1.82) is 0 Å². The molecule has 0 spiro atoms. The Labute approximate surface area is 68.4 Å². The molecule has 1 rings (SSSR count). The Bertz CT molecular complexity index is 260. The van der Waals surface area contributed by atoms with Gasteiger partial charge in [-0.25, -0.2) is 4.39 Å². The normalized spacial score (nSPS) is 9.82. The summed E-state index contributed by atoms with van der Waals surface area (Å²) in [6.45, 7) is 0. The van der Waals surface area contributed by atoms with Gasteiger partial charge in [0.25, 0.3) is 0 Å². The van der Waals surface area contributed by atoms with Crippen LogP contribution in [0.25, 0.3) is 0 Å². The minimum absolute atomic E-state index is 0.194. The van der Waals surface area contributed by atoms with Gasteiger partial charge < -0.3 is 4.90 Å². The van der Waals surface area contributed by atoms with Crippen molar-refractivity contribution in [2.45, 2.75) is 0 Å². The van der Waals surface area contributed by atoms with Gasteiger partial charge in [-0.2, -0.15) is 0 Å². The lowest BCUT2D eigenvalue weighted by Gasteiger charge is -2.14. The summed E-state index contributed by atoms with van der Waals surface area (Å²) >= 11 is 0. The second-order valence-electron chi connectivity index (χ2n) is 2.60. The standard InChI is InChI=1S/C8H11FNP/c1-10(2)7-4-3-6(9)5-8(7)11/h3-5H,11H2,1-2H3. The SMILES string of the molecule is CN(C)c1ccc(F)cc1P. The van der Waals surface area contributed by atoms with Crippen LogP contribution in [0.3, 0.4) is 0 Å². The lowest BCUT2D eigenvalue weighted by molar-refractivity contribution is 0.629. The molecule has 11 heavy (non-hydrogen) atoms. The van der Waals surface area contributed by atoms with E-state index < -0.39 is 0 Å². The molecule has 0 N–H and O–H groups in total. The molecule has 0 aliphatic heterocycles. The topological polar surface area (TPSA) is 3.24 Å². The zero-order valence-electron chi connectivity index (χ0n) is 6.63. The van der Waals surface area contributed by atoms with Crippen molar-refractivity contribution in [3.05, 3.63) is 24.0 Å². The first kappa shape index (κ1) is 8.48. The fourth-order valence-corrected chi connectivity index (χ4v) is 1.45. The summed E-state index contributed by atoms with van der Waals surface area (Å²) in [5, 5.41) is 0.884. The highest BCUT2D eigenvalue weighted by atomic mass is 31.0. The van der Waals surface area contributed by atoms with Gasteiger partial charge in [-0.1, -0.05) is 0 Å². The number of anilines is 1. The van der Waals surface area contributed by atoms with E-state index in [9.17, 15) is 4.39 Å². The Morgan fingerprint density at radius 3 is 2.45 bits per heavy atom. The number of nitrogens with zero attached hydrogens (tertiary/aromatic N) is 1. The summed E-state index contributed by atoms with van der Waals surface area (Å²) in [7, 11) is 6.37. The molecular formula is C8H11FNP. The summed E-state index contributed by atoms with van der Waals surface area (Å²) in [6.07, 6.45) is 0. The summed E-state index contributed by atoms with van der Waals surface area (Å²) in [5.41, 5.74) is 1.02. The van der Waals surface area contributed by atoms with Gasteiger partial charge >= 0.3 is 0 Å². The molecule has 1 nitrogen and oxygen atoms in total. The van der Waals surface area contributed by atoms with Crippen LogP contribution in [0, 0.1) is 5.82 Å². The van der Waals surface area contributed by atoms with Crippen LogP contribution < -0.4 is 10.2 Å². The number of hydrogen-bond acceptors (Lipinski definition) is 1. The van der Waals surface area contributed by atoms with E-state index in [2.05, 4.69) is 9.24 Å². The minimum atomic E-state index is -0.194. The number of halogens is 1. The maximum Gasteiger partial charge on any atom is 0.123 e. The van der Waals surface area contributed by atoms with Crippen molar-refractivity contribution in [1.82, 2.24) is 0 Å². The monoisotopic (exact) mass is 171 g/mol. The minimum Gasteiger partial charge on any atom is -0.377 e. The predicted octanol–water partition coefficient (Wildman–Crippen LogP) is 1.39. The molecule has 0 fully saturated rings. The van der Waals surface area contributed by atoms with E-state index in [0.717, 1.165) is 11.0 Å². The van der Waals surface area contributed by atoms with Crippen molar-refractivity contribution < 1.29 is 4.39 Å². The van der Waals surface area contributed by atoms with Crippen LogP contribution in [0.15, 0.2) is 18.2 Å². The highest BCUT2D eigenvalue weighted by Gasteiger charge is 2.00. The van der Waals surface area contributed by atoms with Crippen molar-refractivity contribution in [3.63, 3.8) is 0 Å². The second kappa shape index (κ2) is 3.19. The smallest absolute Gasteiger partial charge is 0.123 e. The lowest BCUT2D eigenvalue weighted by Crippen LogP contribution is -2.15. The zero-order chi connectivity index (χ0) is 8.43. The van der Waals surface area contributed by atoms with Crippen LogP contribution in [0.5, 0.6) is 0 Å². The Morgan fingerprint density at radius 1 is 1.36 bits per heavy atom. The molecule has 1 atom stereocenters. The van der Waals surface area contributed by atoms with Crippen LogP contribution in [0.1, 0.15) is 0 Å². The van der Waals surface area contributed by atoms with Gasteiger partial charge in [0.05, 0.1) is 0 Å². The second-order valence-corrected chi connectivity index (χ2v) is 3.22. The number of hydrogen-bond donors (Lipinski definition) is 0. The molecule has 3 heteroatoms. The third-order valence-corrected chi connectivity index (χ3v) is 1.93. The maximum absolute atomic E-state index is 12.6. The molecule has 0 aliphatic rings. The molecule has 1 unspecified atom stereocenters. The molecular weight excluding hydrogens is 160 g/mol. The van der Waals surface area contributed by atoms with E-state index in [4.69, 9.17) is 0 Å². The van der Waals surface area contributed by atoms with Crippen LogP contribution in [-0.2, 0) is 0 Å². The predicted molar refractivity (Wildman–Crippen MR) is 50.1 cm³/mol. The average molecular weight is 171 g/mol. The van der Waals surface area contributed by atoms with Crippen LogP contribution in [0.4, 0.5) is 10.1 Å². The van der Waals surface area contributed by atoms with Gasteiger partial charge in [-0.3, -0.25) is 0 Å². The third kappa shape index (κ3) is 1.90. The van der Waals surface area contributed by atoms with Crippen LogP contribution in [-0.4, -0.2) is 14.1 Å². The van der Waals surface area contributed by atoms with E-state index in [1.165, 1.54) is 12.1 Å². The molecule has 0 bridgehead atoms. The lowest BCUT2D eigenvalue weighted by atomic mass is 10.3. The molecule has 1 aromatic carbocycles. The largest absolute Gasteiger partial charge is 0.377 e. The molecule has 0 radical (unpaired) electrons. The molecule has 1 aromatic rings. The summed E-state index contributed by atoms with van der Waals surface area (Å²) in [6, 6.07) is 4.72. The Kier molecular flexibility index (Phi) is 2.45. The van der Waals surface area contributed by atoms with E-state index in [1.807, 2.05) is 19.0 Å². The van der Waals surface area contributed by atoms with Crippen LogP contribution >= 0.6 is 9.24 Å². The number of rotatable bonds is 1. The third-order valence-electron chi connectivity index (χ3n) is 1.47. The van der Waals surface area contributed by atoms with E-state index >= 15 is 0 Å².